The Hall–Kier alpha value is -0.585. The molecule has 0 aromatic carbocycles. The van der Waals surface area contributed by atoms with Crippen molar-refractivity contribution in [2.75, 3.05) is 6.54 Å². The molecule has 1 amide bonds. The Bertz CT molecular complexity index is 216. The van der Waals surface area contributed by atoms with Gasteiger partial charge in [-0.05, 0) is 19.3 Å². The van der Waals surface area contributed by atoms with Gasteiger partial charge in [-0.2, -0.15) is 0 Å². The number of hydrogen-bond donors (Lipinski definition) is 2. The minimum Gasteiger partial charge on any atom is -0.343 e. The van der Waals surface area contributed by atoms with Crippen LogP contribution in [0.5, 0.6) is 0 Å². The van der Waals surface area contributed by atoms with Gasteiger partial charge < -0.3 is 15.4 Å². The fraction of sp³-hybridized carbons (Fsp3) is 0.889. The van der Waals surface area contributed by atoms with E-state index in [2.05, 4.69) is 4.81 Å². The van der Waals surface area contributed by atoms with Gasteiger partial charge in [0.2, 0.25) is 5.91 Å². The minimum absolute atomic E-state index is 0.0485. The van der Waals surface area contributed by atoms with Crippen LogP contribution in [0.15, 0.2) is 0 Å². The van der Waals surface area contributed by atoms with Crippen LogP contribution in [-0.4, -0.2) is 42.1 Å². The number of nitrogens with zero attached hydrogens (tertiary/aromatic N) is 1. The summed E-state index contributed by atoms with van der Waals surface area (Å²) in [6.07, 6.45) is 3.34. The minimum atomic E-state index is -0.428. The van der Waals surface area contributed by atoms with Crippen molar-refractivity contribution in [2.24, 2.45) is 5.73 Å². The maximum absolute atomic E-state index is 11.9. The van der Waals surface area contributed by atoms with Crippen molar-refractivity contribution in [3.8, 4) is 0 Å². The molecule has 2 atom stereocenters. The van der Waals surface area contributed by atoms with Crippen molar-refractivity contribution in [1.29, 1.82) is 0 Å². The molecule has 1 aliphatic rings. The molecule has 3 N–H and O–H groups in total. The SMILES string of the molecule is CCCC(N)C(=O)N1CCCC1[B]OO. The van der Waals surface area contributed by atoms with Gasteiger partial charge in [-0.15, -0.1) is 0 Å². The first kappa shape index (κ1) is 12.5. The molecule has 0 spiro atoms. The summed E-state index contributed by atoms with van der Waals surface area (Å²) in [6.45, 7) is 2.69. The molecule has 0 bridgehead atoms. The molecule has 0 aromatic rings. The highest BCUT2D eigenvalue weighted by atomic mass is 17.1. The molecular formula is C9H18BN2O3. The molecule has 0 aliphatic carbocycles. The second-order valence-electron chi connectivity index (χ2n) is 3.88. The van der Waals surface area contributed by atoms with Gasteiger partial charge in [0, 0.05) is 12.5 Å². The van der Waals surface area contributed by atoms with E-state index in [0.29, 0.717) is 13.0 Å². The van der Waals surface area contributed by atoms with Gasteiger partial charge in [0.15, 0.2) is 0 Å². The summed E-state index contributed by atoms with van der Waals surface area (Å²) in [7, 11) is 1.28. The lowest BCUT2D eigenvalue weighted by Gasteiger charge is -2.25. The summed E-state index contributed by atoms with van der Waals surface area (Å²) in [5.41, 5.74) is 5.76. The van der Waals surface area contributed by atoms with E-state index in [1.54, 1.807) is 4.90 Å². The summed E-state index contributed by atoms with van der Waals surface area (Å²) in [6, 6.07) is -0.428. The van der Waals surface area contributed by atoms with Crippen LogP contribution in [0.1, 0.15) is 32.6 Å². The van der Waals surface area contributed by atoms with E-state index in [1.807, 2.05) is 6.92 Å². The van der Waals surface area contributed by atoms with Crippen LogP contribution in [0, 0.1) is 0 Å². The quantitative estimate of drug-likeness (QED) is 0.387. The van der Waals surface area contributed by atoms with Crippen LogP contribution in [0.25, 0.3) is 0 Å². The topological polar surface area (TPSA) is 75.8 Å². The first-order valence-corrected chi connectivity index (χ1v) is 5.40. The van der Waals surface area contributed by atoms with Crippen LogP contribution >= 0.6 is 0 Å². The van der Waals surface area contributed by atoms with E-state index in [4.69, 9.17) is 11.0 Å². The standard InChI is InChI=1S/C9H18BN2O3/c1-2-4-7(11)9(13)12-6-3-5-8(12)10-15-14/h7-8,14H,2-6,11H2,1H3. The van der Waals surface area contributed by atoms with Crippen molar-refractivity contribution < 1.29 is 14.9 Å². The molecule has 6 heteroatoms. The maximum atomic E-state index is 11.9. The summed E-state index contributed by atoms with van der Waals surface area (Å²) < 4.78 is 0. The molecule has 0 aromatic heterocycles. The summed E-state index contributed by atoms with van der Waals surface area (Å²) in [4.78, 5) is 17.5. The average Bonchev–Trinajstić information content (AvgIpc) is 2.66. The molecule has 1 heterocycles. The van der Waals surface area contributed by atoms with E-state index in [9.17, 15) is 4.79 Å². The first-order valence-electron chi connectivity index (χ1n) is 5.40. The van der Waals surface area contributed by atoms with Crippen molar-refractivity contribution in [1.82, 2.24) is 4.90 Å². The Balaban J connectivity index is 2.50. The van der Waals surface area contributed by atoms with Crippen LogP contribution in [0.2, 0.25) is 0 Å². The van der Waals surface area contributed by atoms with Crippen molar-refractivity contribution in [2.45, 2.75) is 44.6 Å². The third kappa shape index (κ3) is 3.19. The van der Waals surface area contributed by atoms with Crippen LogP contribution < -0.4 is 5.73 Å². The number of likely N-dealkylation sites (tertiary alicyclic amines) is 1. The van der Waals surface area contributed by atoms with Crippen LogP contribution in [-0.2, 0) is 9.60 Å². The van der Waals surface area contributed by atoms with E-state index in [-0.39, 0.29) is 11.8 Å². The third-order valence-corrected chi connectivity index (χ3v) is 2.72. The lowest BCUT2D eigenvalue weighted by atomic mass is 9.86. The van der Waals surface area contributed by atoms with Crippen LogP contribution in [0.4, 0.5) is 0 Å². The number of nitrogens with two attached hydrogens (primary N) is 1. The summed E-state index contributed by atoms with van der Waals surface area (Å²) in [5, 5.41) is 8.34. The number of carbonyl (C=O) groups excluding carboxylic acids is 1. The van der Waals surface area contributed by atoms with Gasteiger partial charge in [0.05, 0.1) is 6.04 Å². The lowest BCUT2D eigenvalue weighted by Crippen LogP contribution is -2.48. The van der Waals surface area contributed by atoms with Gasteiger partial charge in [-0.1, -0.05) is 13.3 Å². The Morgan fingerprint density at radius 1 is 1.80 bits per heavy atom. The van der Waals surface area contributed by atoms with E-state index in [0.717, 1.165) is 19.3 Å². The predicted octanol–water partition coefficient (Wildman–Crippen LogP) is 0.171. The Kier molecular flexibility index (Phi) is 5.07. The molecule has 85 valence electrons. The Labute approximate surface area is 90.8 Å². The molecule has 1 aliphatic heterocycles. The van der Waals surface area contributed by atoms with E-state index in [1.165, 1.54) is 7.48 Å². The molecular weight excluding hydrogens is 195 g/mol. The van der Waals surface area contributed by atoms with Crippen LogP contribution in [0.3, 0.4) is 0 Å². The molecule has 1 rings (SSSR count). The fourth-order valence-electron chi connectivity index (χ4n) is 1.93. The highest BCUT2D eigenvalue weighted by molar-refractivity contribution is 6.30. The maximum Gasteiger partial charge on any atom is 0.368 e. The fourth-order valence-corrected chi connectivity index (χ4v) is 1.93. The molecule has 1 fully saturated rings. The zero-order valence-electron chi connectivity index (χ0n) is 9.06. The van der Waals surface area contributed by atoms with Gasteiger partial charge in [-0.3, -0.25) is 10.1 Å². The summed E-state index contributed by atoms with van der Waals surface area (Å²) >= 11 is 0. The first-order chi connectivity index (χ1) is 7.20. The molecule has 2 unspecified atom stereocenters. The average molecular weight is 213 g/mol. The molecule has 0 saturated carbocycles. The highest BCUT2D eigenvalue weighted by Gasteiger charge is 2.32. The van der Waals surface area contributed by atoms with Gasteiger partial charge in [0.1, 0.15) is 0 Å². The zero-order chi connectivity index (χ0) is 11.3. The second kappa shape index (κ2) is 6.10. The monoisotopic (exact) mass is 213 g/mol. The third-order valence-electron chi connectivity index (χ3n) is 2.72. The molecule has 5 nitrogen and oxygen atoms in total. The predicted molar refractivity (Wildman–Crippen MR) is 57.1 cm³/mol. The largest absolute Gasteiger partial charge is 0.368 e. The zero-order valence-corrected chi connectivity index (χ0v) is 9.06. The number of carbonyl (C=O) groups is 1. The second-order valence-corrected chi connectivity index (χ2v) is 3.88. The number of hydrogen-bond acceptors (Lipinski definition) is 4. The van der Waals surface area contributed by atoms with Gasteiger partial charge in [0.25, 0.3) is 0 Å². The van der Waals surface area contributed by atoms with E-state index >= 15 is 0 Å². The smallest absolute Gasteiger partial charge is 0.343 e. The van der Waals surface area contributed by atoms with Gasteiger partial charge in [-0.25, -0.2) is 0 Å². The van der Waals surface area contributed by atoms with Crippen molar-refractivity contribution in [3.05, 3.63) is 0 Å². The number of amides is 1. The number of rotatable bonds is 5. The van der Waals surface area contributed by atoms with Crippen molar-refractivity contribution >= 4 is 13.4 Å². The highest BCUT2D eigenvalue weighted by Crippen LogP contribution is 2.17. The normalized spacial score (nSPS) is 22.9. The summed E-state index contributed by atoms with van der Waals surface area (Å²) in [5.74, 6) is -0.182. The van der Waals surface area contributed by atoms with Crippen molar-refractivity contribution in [3.63, 3.8) is 0 Å². The van der Waals surface area contributed by atoms with Gasteiger partial charge >= 0.3 is 7.48 Å². The Morgan fingerprint density at radius 2 is 2.53 bits per heavy atom. The Morgan fingerprint density at radius 3 is 3.13 bits per heavy atom. The molecule has 1 radical (unpaired) electrons. The van der Waals surface area contributed by atoms with E-state index < -0.39 is 6.04 Å². The molecule has 15 heavy (non-hydrogen) atoms. The lowest BCUT2D eigenvalue weighted by molar-refractivity contribution is -0.144. The molecule has 1 saturated heterocycles.